The van der Waals surface area contributed by atoms with E-state index in [9.17, 15) is 9.18 Å². The number of hydrogen-bond donors (Lipinski definition) is 0. The molecule has 1 amide bonds. The van der Waals surface area contributed by atoms with Crippen LogP contribution in [-0.4, -0.2) is 34.0 Å². The smallest absolute Gasteiger partial charge is 0.255 e. The van der Waals surface area contributed by atoms with E-state index < -0.39 is 5.82 Å². The Hall–Kier alpha value is -1.95. The number of carbonyl (C=O) groups is 1. The molecule has 7 heteroatoms. The average Bonchev–Trinajstić information content (AvgIpc) is 3.17. The first-order chi connectivity index (χ1) is 10.6. The van der Waals surface area contributed by atoms with Crippen LogP contribution in [0, 0.1) is 5.82 Å². The lowest BCUT2D eigenvalue weighted by Gasteiger charge is -2.37. The van der Waals surface area contributed by atoms with Gasteiger partial charge in [0.15, 0.2) is 5.82 Å². The molecule has 114 valence electrons. The quantitative estimate of drug-likeness (QED) is 0.872. The number of halogens is 2. The Morgan fingerprint density at radius 1 is 1.32 bits per heavy atom. The first-order valence-corrected chi connectivity index (χ1v) is 7.57. The molecule has 2 fully saturated rings. The third-order valence-electron chi connectivity index (χ3n) is 4.08. The Balaban J connectivity index is 1.42. The molecule has 2 aromatic rings. The maximum atomic E-state index is 13.0. The Morgan fingerprint density at radius 2 is 2.09 bits per heavy atom. The minimum Gasteiger partial charge on any atom is -0.339 e. The summed E-state index contributed by atoms with van der Waals surface area (Å²) < 4.78 is 18.3. The van der Waals surface area contributed by atoms with Gasteiger partial charge in [-0.2, -0.15) is 4.98 Å². The van der Waals surface area contributed by atoms with Crippen molar-refractivity contribution >= 4 is 17.5 Å². The molecular formula is C15H13ClFN3O2. The van der Waals surface area contributed by atoms with Crippen LogP contribution < -0.4 is 0 Å². The van der Waals surface area contributed by atoms with Gasteiger partial charge in [-0.15, -0.1) is 0 Å². The van der Waals surface area contributed by atoms with E-state index in [2.05, 4.69) is 10.1 Å². The number of aromatic nitrogens is 2. The molecular weight excluding hydrogens is 309 g/mol. The van der Waals surface area contributed by atoms with Crippen molar-refractivity contribution in [2.24, 2.45) is 0 Å². The van der Waals surface area contributed by atoms with Crippen molar-refractivity contribution < 1.29 is 13.7 Å². The molecule has 0 N–H and O–H groups in total. The number of carbonyl (C=O) groups excluding carboxylic acids is 1. The molecule has 2 heterocycles. The largest absolute Gasteiger partial charge is 0.339 e. The van der Waals surface area contributed by atoms with E-state index in [1.54, 1.807) is 4.90 Å². The molecule has 5 nitrogen and oxygen atoms in total. The fourth-order valence-corrected chi connectivity index (χ4v) is 2.80. The van der Waals surface area contributed by atoms with Crippen LogP contribution in [0.3, 0.4) is 0 Å². The molecule has 2 aliphatic rings. The maximum Gasteiger partial charge on any atom is 0.255 e. The van der Waals surface area contributed by atoms with Crippen LogP contribution in [0.15, 0.2) is 22.7 Å². The van der Waals surface area contributed by atoms with Crippen molar-refractivity contribution in [3.63, 3.8) is 0 Å². The van der Waals surface area contributed by atoms with Gasteiger partial charge in [0.2, 0.25) is 5.89 Å². The summed E-state index contributed by atoms with van der Waals surface area (Å²) in [5.41, 5.74) is 0.311. The fourth-order valence-electron chi connectivity index (χ4n) is 2.55. The van der Waals surface area contributed by atoms with E-state index in [0.717, 1.165) is 24.7 Å². The number of benzene rings is 1. The van der Waals surface area contributed by atoms with E-state index in [-0.39, 0.29) is 16.8 Å². The lowest BCUT2D eigenvalue weighted by atomic mass is 9.98. The monoisotopic (exact) mass is 321 g/mol. The fraction of sp³-hybridized carbons (Fsp3) is 0.400. The third-order valence-corrected chi connectivity index (χ3v) is 4.39. The summed E-state index contributed by atoms with van der Waals surface area (Å²) in [6.07, 6.45) is 2.24. The van der Waals surface area contributed by atoms with Gasteiger partial charge < -0.3 is 9.42 Å². The lowest BCUT2D eigenvalue weighted by molar-refractivity contribution is 0.0569. The second-order valence-electron chi connectivity index (χ2n) is 5.80. The number of nitrogens with zero attached hydrogens (tertiary/aromatic N) is 3. The molecule has 0 atom stereocenters. The number of hydrogen-bond acceptors (Lipinski definition) is 4. The molecule has 0 bridgehead atoms. The van der Waals surface area contributed by atoms with E-state index >= 15 is 0 Å². The van der Waals surface area contributed by atoms with Gasteiger partial charge in [-0.25, -0.2) is 4.39 Å². The second-order valence-corrected chi connectivity index (χ2v) is 6.20. The van der Waals surface area contributed by atoms with Gasteiger partial charge in [0, 0.05) is 19.0 Å². The molecule has 1 aliphatic heterocycles. The Bertz CT molecular complexity index is 738. The van der Waals surface area contributed by atoms with Gasteiger partial charge >= 0.3 is 0 Å². The second kappa shape index (κ2) is 5.05. The summed E-state index contributed by atoms with van der Waals surface area (Å²) in [5, 5.41) is 4.11. The maximum absolute atomic E-state index is 13.0. The zero-order valence-corrected chi connectivity index (χ0v) is 12.4. The van der Waals surface area contributed by atoms with Crippen LogP contribution in [0.5, 0.6) is 0 Å². The van der Waals surface area contributed by atoms with Crippen molar-refractivity contribution in [3.8, 4) is 0 Å². The summed E-state index contributed by atoms with van der Waals surface area (Å²) in [6.45, 7) is 1.03. The molecule has 1 saturated heterocycles. The minimum atomic E-state index is -0.457. The van der Waals surface area contributed by atoms with Crippen LogP contribution in [0.4, 0.5) is 4.39 Å². The van der Waals surface area contributed by atoms with Gasteiger partial charge in [-0.3, -0.25) is 4.79 Å². The molecule has 0 unspecified atom stereocenters. The molecule has 0 spiro atoms. The number of likely N-dealkylation sites (tertiary alicyclic amines) is 1. The normalized spacial score (nSPS) is 18.4. The summed E-state index contributed by atoms with van der Waals surface area (Å²) in [4.78, 5) is 18.4. The Labute approximate surface area is 131 Å². The topological polar surface area (TPSA) is 59.2 Å². The molecule has 1 saturated carbocycles. The molecule has 4 rings (SSSR count). The third kappa shape index (κ3) is 2.37. The van der Waals surface area contributed by atoms with Crippen LogP contribution in [0.2, 0.25) is 5.02 Å². The molecule has 1 aliphatic carbocycles. The van der Waals surface area contributed by atoms with Gasteiger partial charge in [-0.05, 0) is 31.0 Å². The van der Waals surface area contributed by atoms with Crippen LogP contribution in [0.25, 0.3) is 0 Å². The number of amides is 1. The minimum absolute atomic E-state index is 0.0724. The average molecular weight is 322 g/mol. The molecule has 22 heavy (non-hydrogen) atoms. The molecule has 1 aromatic heterocycles. The predicted molar refractivity (Wildman–Crippen MR) is 76.3 cm³/mol. The zero-order chi connectivity index (χ0) is 15.3. The summed E-state index contributed by atoms with van der Waals surface area (Å²) >= 11 is 5.92. The van der Waals surface area contributed by atoms with Crippen molar-refractivity contribution in [3.05, 3.63) is 46.3 Å². The number of rotatable bonds is 3. The van der Waals surface area contributed by atoms with Gasteiger partial charge in [-0.1, -0.05) is 16.8 Å². The molecule has 1 aromatic carbocycles. The van der Waals surface area contributed by atoms with E-state index in [4.69, 9.17) is 16.1 Å². The summed E-state index contributed by atoms with van der Waals surface area (Å²) in [6, 6.07) is 3.79. The lowest BCUT2D eigenvalue weighted by Crippen LogP contribution is -2.48. The van der Waals surface area contributed by atoms with E-state index in [1.807, 2.05) is 0 Å². The van der Waals surface area contributed by atoms with Crippen molar-refractivity contribution in [1.29, 1.82) is 0 Å². The standard InChI is InChI=1S/C15H13ClFN3O2/c16-12-5-10(17)3-4-11(12)15(21)20-6-9(7-20)14-18-13(19-22-14)8-1-2-8/h3-5,8-9H,1-2,6-7H2. The highest BCUT2D eigenvalue weighted by Crippen LogP contribution is 2.39. The SMILES string of the molecule is O=C(c1ccc(F)cc1Cl)N1CC(c2nc(C3CC3)no2)C1. The first-order valence-electron chi connectivity index (χ1n) is 7.19. The highest BCUT2D eigenvalue weighted by Gasteiger charge is 2.38. The highest BCUT2D eigenvalue weighted by molar-refractivity contribution is 6.33. The van der Waals surface area contributed by atoms with Crippen molar-refractivity contribution in [2.75, 3.05) is 13.1 Å². The van der Waals surface area contributed by atoms with E-state index in [0.29, 0.717) is 30.5 Å². The van der Waals surface area contributed by atoms with Crippen LogP contribution in [0.1, 0.15) is 46.8 Å². The summed E-state index contributed by atoms with van der Waals surface area (Å²) in [5.74, 6) is 1.23. The molecule has 0 radical (unpaired) electrons. The van der Waals surface area contributed by atoms with Gasteiger partial charge in [0.05, 0.1) is 16.5 Å². The summed E-state index contributed by atoms with van der Waals surface area (Å²) in [7, 11) is 0. The van der Waals surface area contributed by atoms with Crippen molar-refractivity contribution in [1.82, 2.24) is 15.0 Å². The Kier molecular flexibility index (Phi) is 3.14. The van der Waals surface area contributed by atoms with E-state index in [1.165, 1.54) is 12.1 Å². The first kappa shape index (κ1) is 13.7. The van der Waals surface area contributed by atoms with Crippen molar-refractivity contribution in [2.45, 2.75) is 24.7 Å². The van der Waals surface area contributed by atoms with Gasteiger partial charge in [0.25, 0.3) is 5.91 Å². The van der Waals surface area contributed by atoms with Crippen LogP contribution >= 0.6 is 11.6 Å². The van der Waals surface area contributed by atoms with Crippen LogP contribution in [-0.2, 0) is 0 Å². The zero-order valence-electron chi connectivity index (χ0n) is 11.6. The van der Waals surface area contributed by atoms with Gasteiger partial charge in [0.1, 0.15) is 5.82 Å². The highest BCUT2D eigenvalue weighted by atomic mass is 35.5. The Morgan fingerprint density at radius 3 is 2.77 bits per heavy atom. The predicted octanol–water partition coefficient (Wildman–Crippen LogP) is 2.98.